The molecule has 0 radical (unpaired) electrons. The summed E-state index contributed by atoms with van der Waals surface area (Å²) < 4.78 is 39.7. The summed E-state index contributed by atoms with van der Waals surface area (Å²) >= 11 is 0. The molecule has 2 aromatic carbocycles. The molecule has 1 amide bonds. The van der Waals surface area contributed by atoms with E-state index >= 15 is 0 Å². The first-order valence-corrected chi connectivity index (χ1v) is 13.1. The molecule has 9 nitrogen and oxygen atoms in total. The number of sulfonamides is 1. The lowest BCUT2D eigenvalue weighted by Crippen LogP contribution is -2.51. The van der Waals surface area contributed by atoms with Gasteiger partial charge in [-0.1, -0.05) is 24.3 Å². The van der Waals surface area contributed by atoms with Crippen LogP contribution < -0.4 is 14.8 Å². The van der Waals surface area contributed by atoms with Crippen molar-refractivity contribution in [1.82, 2.24) is 19.5 Å². The molecule has 2 aliphatic heterocycles. The summed E-state index contributed by atoms with van der Waals surface area (Å²) in [6.45, 7) is 4.42. The molecule has 10 heteroatoms. The van der Waals surface area contributed by atoms with Crippen LogP contribution in [0.3, 0.4) is 0 Å². The Morgan fingerprint density at radius 1 is 1.09 bits per heavy atom. The van der Waals surface area contributed by atoms with Crippen molar-refractivity contribution in [3.8, 4) is 11.5 Å². The van der Waals surface area contributed by atoms with Crippen LogP contribution in [-0.4, -0.2) is 80.5 Å². The normalized spacial score (nSPS) is 18.9. The van der Waals surface area contributed by atoms with Gasteiger partial charge in [0.2, 0.25) is 15.9 Å². The molecule has 0 bridgehead atoms. The van der Waals surface area contributed by atoms with Gasteiger partial charge in [-0.3, -0.25) is 14.7 Å². The molecule has 35 heavy (non-hydrogen) atoms. The molecule has 2 aliphatic rings. The number of hydrogen-bond donors (Lipinski definition) is 1. The average molecular weight is 497 g/mol. The standard InChI is InChI=1S/C25H28N4O5S/c1-18-13-19-5-4-8-23(25(19)27-14-18)35(31,32)29-11-9-28(10-12-29)16-24(30)26-15-20-17-33-21-6-2-3-7-22(21)34-20/h2-8,13-14,20H,9-12,15-17H2,1H3,(H,26,30). The fraction of sp³-hybridized carbons (Fsp3) is 0.360. The Labute approximate surface area is 204 Å². The monoisotopic (exact) mass is 496 g/mol. The lowest BCUT2D eigenvalue weighted by atomic mass is 10.2. The van der Waals surface area contributed by atoms with E-state index in [1.165, 1.54) is 4.31 Å². The third-order valence-corrected chi connectivity index (χ3v) is 8.15. The summed E-state index contributed by atoms with van der Waals surface area (Å²) in [5, 5.41) is 3.70. The van der Waals surface area contributed by atoms with Gasteiger partial charge in [0.25, 0.3) is 0 Å². The Kier molecular flexibility index (Phi) is 6.59. The van der Waals surface area contributed by atoms with E-state index in [4.69, 9.17) is 9.47 Å². The summed E-state index contributed by atoms with van der Waals surface area (Å²) in [7, 11) is -3.69. The predicted octanol–water partition coefficient (Wildman–Crippen LogP) is 1.81. The number of fused-ring (bicyclic) bond motifs is 2. The number of pyridine rings is 1. The minimum Gasteiger partial charge on any atom is -0.486 e. The summed E-state index contributed by atoms with van der Waals surface area (Å²) in [4.78, 5) is 19.0. The highest BCUT2D eigenvalue weighted by Gasteiger charge is 2.31. The first-order valence-electron chi connectivity index (χ1n) is 11.6. The number of nitrogens with one attached hydrogen (secondary N) is 1. The van der Waals surface area contributed by atoms with Crippen LogP contribution >= 0.6 is 0 Å². The molecular formula is C25H28N4O5S. The highest BCUT2D eigenvalue weighted by Crippen LogP contribution is 2.30. The van der Waals surface area contributed by atoms with Gasteiger partial charge in [0, 0.05) is 37.8 Å². The van der Waals surface area contributed by atoms with E-state index in [1.807, 2.05) is 48.2 Å². The number of aromatic nitrogens is 1. The van der Waals surface area contributed by atoms with E-state index < -0.39 is 10.0 Å². The first-order chi connectivity index (χ1) is 16.9. The van der Waals surface area contributed by atoms with Crippen LogP contribution in [0, 0.1) is 6.92 Å². The number of amides is 1. The van der Waals surface area contributed by atoms with Crippen molar-refractivity contribution in [2.45, 2.75) is 17.9 Å². The molecule has 1 aromatic heterocycles. The third kappa shape index (κ3) is 5.09. The van der Waals surface area contributed by atoms with Crippen LogP contribution in [0.5, 0.6) is 11.5 Å². The zero-order valence-corrected chi connectivity index (χ0v) is 20.3. The van der Waals surface area contributed by atoms with E-state index in [1.54, 1.807) is 18.3 Å². The van der Waals surface area contributed by atoms with E-state index in [0.29, 0.717) is 56.3 Å². The number of para-hydroxylation sites is 3. The molecule has 1 saturated heterocycles. The van der Waals surface area contributed by atoms with Crippen molar-refractivity contribution in [3.05, 3.63) is 60.3 Å². The fourth-order valence-corrected chi connectivity index (χ4v) is 5.96. The number of hydrogen-bond acceptors (Lipinski definition) is 7. The van der Waals surface area contributed by atoms with Crippen molar-refractivity contribution in [1.29, 1.82) is 0 Å². The van der Waals surface area contributed by atoms with Gasteiger partial charge in [-0.15, -0.1) is 0 Å². The van der Waals surface area contributed by atoms with Gasteiger partial charge in [0.15, 0.2) is 11.5 Å². The van der Waals surface area contributed by atoms with Crippen LogP contribution in [-0.2, 0) is 14.8 Å². The fourth-order valence-electron chi connectivity index (χ4n) is 4.37. The molecule has 3 heterocycles. The second-order valence-corrected chi connectivity index (χ2v) is 10.7. The van der Waals surface area contributed by atoms with Crippen LogP contribution in [0.15, 0.2) is 59.6 Å². The van der Waals surface area contributed by atoms with Crippen LogP contribution in [0.25, 0.3) is 10.9 Å². The first kappa shape index (κ1) is 23.5. The van der Waals surface area contributed by atoms with E-state index in [0.717, 1.165) is 10.9 Å². The number of aryl methyl sites for hydroxylation is 1. The van der Waals surface area contributed by atoms with Gasteiger partial charge in [-0.05, 0) is 36.8 Å². The van der Waals surface area contributed by atoms with Crippen molar-refractivity contribution in [2.75, 3.05) is 45.9 Å². The molecule has 1 unspecified atom stereocenters. The van der Waals surface area contributed by atoms with E-state index in [2.05, 4.69) is 10.3 Å². The molecule has 0 saturated carbocycles. The number of benzene rings is 2. The van der Waals surface area contributed by atoms with Crippen molar-refractivity contribution in [2.24, 2.45) is 0 Å². The number of rotatable bonds is 6. The molecule has 1 atom stereocenters. The second kappa shape index (κ2) is 9.80. The van der Waals surface area contributed by atoms with E-state index in [-0.39, 0.29) is 23.5 Å². The van der Waals surface area contributed by atoms with E-state index in [9.17, 15) is 13.2 Å². The molecule has 0 aliphatic carbocycles. The summed E-state index contributed by atoms with van der Waals surface area (Å²) in [6.07, 6.45) is 1.43. The number of nitrogens with zero attached hydrogens (tertiary/aromatic N) is 3. The zero-order chi connectivity index (χ0) is 24.4. The van der Waals surface area contributed by atoms with Crippen LogP contribution in [0.4, 0.5) is 0 Å². The van der Waals surface area contributed by atoms with Gasteiger partial charge in [0.1, 0.15) is 17.6 Å². The van der Waals surface area contributed by atoms with Gasteiger partial charge < -0.3 is 14.8 Å². The predicted molar refractivity (Wildman–Crippen MR) is 131 cm³/mol. The lowest BCUT2D eigenvalue weighted by Gasteiger charge is -2.33. The average Bonchev–Trinajstić information content (AvgIpc) is 2.87. The lowest BCUT2D eigenvalue weighted by molar-refractivity contribution is -0.123. The van der Waals surface area contributed by atoms with Crippen molar-refractivity contribution >= 4 is 26.8 Å². The number of ether oxygens (including phenoxy) is 2. The zero-order valence-electron chi connectivity index (χ0n) is 19.5. The van der Waals surface area contributed by atoms with Crippen LogP contribution in [0.2, 0.25) is 0 Å². The topological polar surface area (TPSA) is 101 Å². The molecule has 3 aromatic rings. The Hall–Kier alpha value is -3.21. The Bertz CT molecular complexity index is 1340. The Balaban J connectivity index is 1.13. The van der Waals surface area contributed by atoms with Gasteiger partial charge in [0.05, 0.1) is 18.6 Å². The highest BCUT2D eigenvalue weighted by atomic mass is 32.2. The largest absolute Gasteiger partial charge is 0.486 e. The maximum atomic E-state index is 13.3. The van der Waals surface area contributed by atoms with Crippen molar-refractivity contribution in [3.63, 3.8) is 0 Å². The van der Waals surface area contributed by atoms with Crippen LogP contribution in [0.1, 0.15) is 5.56 Å². The molecule has 1 fully saturated rings. The molecule has 5 rings (SSSR count). The van der Waals surface area contributed by atoms with Gasteiger partial charge in [-0.25, -0.2) is 8.42 Å². The smallest absolute Gasteiger partial charge is 0.245 e. The quantitative estimate of drug-likeness (QED) is 0.555. The number of carbonyl (C=O) groups excluding carboxylic acids is 1. The SMILES string of the molecule is Cc1cnc2c(S(=O)(=O)N3CCN(CC(=O)NCC4COc5ccccc5O4)CC3)cccc2c1. The third-order valence-electron chi connectivity index (χ3n) is 6.22. The second-order valence-electron chi connectivity index (χ2n) is 8.82. The molecular weight excluding hydrogens is 468 g/mol. The summed E-state index contributed by atoms with van der Waals surface area (Å²) in [5.41, 5.74) is 1.46. The highest BCUT2D eigenvalue weighted by molar-refractivity contribution is 7.89. The molecule has 184 valence electrons. The minimum atomic E-state index is -3.69. The number of piperazine rings is 1. The maximum absolute atomic E-state index is 13.3. The number of carbonyl (C=O) groups is 1. The van der Waals surface area contributed by atoms with Gasteiger partial charge >= 0.3 is 0 Å². The minimum absolute atomic E-state index is 0.127. The Morgan fingerprint density at radius 2 is 1.86 bits per heavy atom. The molecule has 1 N–H and O–H groups in total. The van der Waals surface area contributed by atoms with Gasteiger partial charge in [-0.2, -0.15) is 4.31 Å². The van der Waals surface area contributed by atoms with Crippen molar-refractivity contribution < 1.29 is 22.7 Å². The summed E-state index contributed by atoms with van der Waals surface area (Å²) in [6, 6.07) is 14.6. The molecule has 0 spiro atoms. The maximum Gasteiger partial charge on any atom is 0.245 e. The summed E-state index contributed by atoms with van der Waals surface area (Å²) in [5.74, 6) is 1.25. The Morgan fingerprint density at radius 3 is 2.66 bits per heavy atom.